The highest BCUT2D eigenvalue weighted by Gasteiger charge is 2.27. The highest BCUT2D eigenvalue weighted by Crippen LogP contribution is 2.23. The van der Waals surface area contributed by atoms with E-state index >= 15 is 0 Å². The maximum atomic E-state index is 14.2. The van der Waals surface area contributed by atoms with E-state index in [1.54, 1.807) is 26.0 Å². The van der Waals surface area contributed by atoms with E-state index in [1.165, 1.54) is 18.2 Å². The Bertz CT molecular complexity index is 660. The quantitative estimate of drug-likeness (QED) is 0.582. The summed E-state index contributed by atoms with van der Waals surface area (Å²) in [6.45, 7) is 3.50. The number of rotatable bonds is 6. The predicted octanol–water partition coefficient (Wildman–Crippen LogP) is 1.74. The summed E-state index contributed by atoms with van der Waals surface area (Å²) in [6, 6.07) is 3.50. The second-order valence-electron chi connectivity index (χ2n) is 6.89. The van der Waals surface area contributed by atoms with Crippen LogP contribution in [0, 0.1) is 11.6 Å². The summed E-state index contributed by atoms with van der Waals surface area (Å²) in [5.74, 6) is -0.440. The molecule has 2 unspecified atom stereocenters. The van der Waals surface area contributed by atoms with Crippen LogP contribution in [0.2, 0.25) is 0 Å². The maximum Gasteiger partial charge on any atom is 0.222 e. The maximum absolute atomic E-state index is 14.2. The van der Waals surface area contributed by atoms with Crippen LogP contribution in [0.15, 0.2) is 23.2 Å². The number of hydrogen-bond donors (Lipinski definition) is 2. The molecule has 1 fully saturated rings. The number of carbonyl (C=O) groups excluding carboxylic acids is 1. The Morgan fingerprint density at radius 1 is 1.37 bits per heavy atom. The fourth-order valence-electron chi connectivity index (χ4n) is 3.28. The number of nitrogens with one attached hydrogen (secondary N) is 2. The molecule has 1 aromatic rings. The van der Waals surface area contributed by atoms with Gasteiger partial charge in [0, 0.05) is 44.7 Å². The zero-order valence-corrected chi connectivity index (χ0v) is 16.4. The monoisotopic (exact) mass is 381 g/mol. The van der Waals surface area contributed by atoms with Crippen LogP contribution >= 0.6 is 0 Å². The van der Waals surface area contributed by atoms with Gasteiger partial charge in [0.1, 0.15) is 11.6 Å². The lowest BCUT2D eigenvalue weighted by Crippen LogP contribution is -2.47. The molecule has 0 aliphatic carbocycles. The van der Waals surface area contributed by atoms with Crippen molar-refractivity contribution in [3.05, 3.63) is 35.4 Å². The van der Waals surface area contributed by atoms with Gasteiger partial charge < -0.3 is 20.4 Å². The van der Waals surface area contributed by atoms with Crippen LogP contribution in [-0.2, 0) is 4.79 Å². The summed E-state index contributed by atoms with van der Waals surface area (Å²) in [7, 11) is 5.20. The molecule has 0 radical (unpaired) electrons. The minimum absolute atomic E-state index is 0.0334. The summed E-state index contributed by atoms with van der Waals surface area (Å²) in [5, 5.41) is 6.44. The van der Waals surface area contributed by atoms with Crippen LogP contribution in [0.25, 0.3) is 0 Å². The van der Waals surface area contributed by atoms with Crippen molar-refractivity contribution in [2.45, 2.75) is 31.8 Å². The van der Waals surface area contributed by atoms with E-state index in [0.29, 0.717) is 18.9 Å². The first-order chi connectivity index (χ1) is 12.9. The molecule has 0 saturated carbocycles. The number of nitrogens with zero attached hydrogens (tertiary/aromatic N) is 3. The summed E-state index contributed by atoms with van der Waals surface area (Å²) in [4.78, 5) is 19.6. The van der Waals surface area contributed by atoms with Gasteiger partial charge in [-0.2, -0.15) is 0 Å². The lowest BCUT2D eigenvalue weighted by atomic mass is 10.0. The largest absolute Gasteiger partial charge is 0.354 e. The van der Waals surface area contributed by atoms with Gasteiger partial charge in [0.2, 0.25) is 5.91 Å². The number of hydrogen-bond acceptors (Lipinski definition) is 3. The van der Waals surface area contributed by atoms with E-state index < -0.39 is 17.7 Å². The molecule has 1 aromatic carbocycles. The first-order valence-corrected chi connectivity index (χ1v) is 9.22. The van der Waals surface area contributed by atoms with Crippen LogP contribution in [0.1, 0.15) is 31.4 Å². The van der Waals surface area contributed by atoms with Crippen molar-refractivity contribution in [1.82, 2.24) is 20.4 Å². The number of amides is 1. The molecule has 1 saturated heterocycles. The summed E-state index contributed by atoms with van der Waals surface area (Å²) >= 11 is 0. The molecule has 0 spiro atoms. The number of likely N-dealkylation sites (N-methyl/N-ethyl adjacent to an activating group) is 1. The van der Waals surface area contributed by atoms with Crippen molar-refractivity contribution >= 4 is 11.9 Å². The van der Waals surface area contributed by atoms with Crippen LogP contribution < -0.4 is 10.6 Å². The third-order valence-corrected chi connectivity index (χ3v) is 4.83. The lowest BCUT2D eigenvalue weighted by molar-refractivity contribution is -0.129. The Balaban J connectivity index is 1.99. The van der Waals surface area contributed by atoms with Crippen molar-refractivity contribution < 1.29 is 13.6 Å². The van der Waals surface area contributed by atoms with Gasteiger partial charge in [-0.15, -0.1) is 0 Å². The van der Waals surface area contributed by atoms with E-state index in [0.717, 1.165) is 13.0 Å². The highest BCUT2D eigenvalue weighted by atomic mass is 19.1. The van der Waals surface area contributed by atoms with Crippen molar-refractivity contribution in [2.24, 2.45) is 4.99 Å². The van der Waals surface area contributed by atoms with Gasteiger partial charge in [-0.05, 0) is 32.6 Å². The Labute approximate surface area is 159 Å². The number of guanidine groups is 1. The Hall–Kier alpha value is -2.22. The Morgan fingerprint density at radius 3 is 2.59 bits per heavy atom. The number of halogens is 2. The molecule has 2 rings (SSSR count). The fraction of sp³-hybridized carbons (Fsp3) is 0.579. The minimum atomic E-state index is -0.567. The second kappa shape index (κ2) is 9.64. The average Bonchev–Trinajstić information content (AvgIpc) is 3.10. The van der Waals surface area contributed by atoms with Crippen molar-refractivity contribution in [3.63, 3.8) is 0 Å². The molecule has 150 valence electrons. The van der Waals surface area contributed by atoms with E-state index in [1.807, 2.05) is 11.8 Å². The molecule has 0 bridgehead atoms. The van der Waals surface area contributed by atoms with Gasteiger partial charge in [-0.3, -0.25) is 9.79 Å². The molecule has 2 N–H and O–H groups in total. The molecule has 8 heteroatoms. The van der Waals surface area contributed by atoms with Crippen molar-refractivity contribution in [2.75, 3.05) is 40.8 Å². The standard InChI is InChI=1S/C19H29F2N5O/c1-5-17(27)26-10-9-13(12-26)24-19(22-2)23-11-16(25(3)4)18-14(20)7-6-8-15(18)21/h6-8,13,16H,5,9-12H2,1-4H3,(H2,22,23,24). The molecular formula is C19H29F2N5O. The fourth-order valence-corrected chi connectivity index (χ4v) is 3.28. The van der Waals surface area contributed by atoms with Crippen LogP contribution in [-0.4, -0.2) is 68.5 Å². The molecule has 6 nitrogen and oxygen atoms in total. The lowest BCUT2D eigenvalue weighted by Gasteiger charge is -2.27. The molecular weight excluding hydrogens is 352 g/mol. The predicted molar refractivity (Wildman–Crippen MR) is 103 cm³/mol. The Kier molecular flexibility index (Phi) is 7.53. The van der Waals surface area contributed by atoms with Crippen molar-refractivity contribution in [1.29, 1.82) is 0 Å². The van der Waals surface area contributed by atoms with Crippen LogP contribution in [0.4, 0.5) is 8.78 Å². The van der Waals surface area contributed by atoms with Gasteiger partial charge >= 0.3 is 0 Å². The molecule has 27 heavy (non-hydrogen) atoms. The first-order valence-electron chi connectivity index (χ1n) is 9.22. The topological polar surface area (TPSA) is 60.0 Å². The van der Waals surface area contributed by atoms with Crippen molar-refractivity contribution in [3.8, 4) is 0 Å². The number of benzene rings is 1. The van der Waals surface area contributed by atoms with Gasteiger partial charge in [0.05, 0.1) is 6.04 Å². The zero-order valence-electron chi connectivity index (χ0n) is 16.4. The van der Waals surface area contributed by atoms with Gasteiger partial charge in [-0.1, -0.05) is 13.0 Å². The second-order valence-corrected chi connectivity index (χ2v) is 6.89. The minimum Gasteiger partial charge on any atom is -0.354 e. The first kappa shape index (κ1) is 21.1. The van der Waals surface area contributed by atoms with Crippen LogP contribution in [0.3, 0.4) is 0 Å². The van der Waals surface area contributed by atoms with Gasteiger partial charge in [0.25, 0.3) is 0 Å². The molecule has 2 atom stereocenters. The Morgan fingerprint density at radius 2 is 2.04 bits per heavy atom. The normalized spacial score (nSPS) is 18.7. The van der Waals surface area contributed by atoms with E-state index in [-0.39, 0.29) is 24.1 Å². The van der Waals surface area contributed by atoms with Gasteiger partial charge in [0.15, 0.2) is 5.96 Å². The van der Waals surface area contributed by atoms with E-state index in [4.69, 9.17) is 0 Å². The zero-order chi connectivity index (χ0) is 20.0. The third-order valence-electron chi connectivity index (χ3n) is 4.83. The highest BCUT2D eigenvalue weighted by molar-refractivity contribution is 5.80. The number of aliphatic imine (C=N–C) groups is 1. The molecule has 0 aromatic heterocycles. The number of carbonyl (C=O) groups is 1. The summed E-state index contributed by atoms with van der Waals surface area (Å²) in [5.41, 5.74) is 0.0334. The average molecular weight is 381 g/mol. The smallest absolute Gasteiger partial charge is 0.222 e. The van der Waals surface area contributed by atoms with E-state index in [2.05, 4.69) is 15.6 Å². The van der Waals surface area contributed by atoms with Crippen LogP contribution in [0.5, 0.6) is 0 Å². The molecule has 1 heterocycles. The molecule has 1 aliphatic heterocycles. The third kappa shape index (κ3) is 5.38. The van der Waals surface area contributed by atoms with E-state index in [9.17, 15) is 13.6 Å². The SMILES string of the molecule is CCC(=O)N1CCC(NC(=NC)NCC(c2c(F)cccc2F)N(C)C)C1. The summed E-state index contributed by atoms with van der Waals surface area (Å²) in [6.07, 6.45) is 1.34. The van der Waals surface area contributed by atoms with Gasteiger partial charge in [-0.25, -0.2) is 8.78 Å². The summed E-state index contributed by atoms with van der Waals surface area (Å²) < 4.78 is 28.3. The molecule has 1 amide bonds. The number of likely N-dealkylation sites (tertiary alicyclic amines) is 1. The molecule has 1 aliphatic rings.